The van der Waals surface area contributed by atoms with E-state index in [1.807, 2.05) is 32.9 Å². The zero-order valence-electron chi connectivity index (χ0n) is 15.6. The highest BCUT2D eigenvalue weighted by molar-refractivity contribution is 9.10. The molecule has 1 fully saturated rings. The summed E-state index contributed by atoms with van der Waals surface area (Å²) in [6.07, 6.45) is 0.979. The smallest absolute Gasteiger partial charge is 0.229 e. The molecule has 1 atom stereocenters. The molecule has 2 aliphatic heterocycles. The Morgan fingerprint density at radius 1 is 1.27 bits per heavy atom. The van der Waals surface area contributed by atoms with Gasteiger partial charge in [0.25, 0.3) is 0 Å². The molecule has 0 spiro atoms. The van der Waals surface area contributed by atoms with Crippen molar-refractivity contribution in [2.24, 2.45) is 5.92 Å². The highest BCUT2D eigenvalue weighted by atomic mass is 79.9. The normalized spacial score (nSPS) is 19.7. The fourth-order valence-electron chi connectivity index (χ4n) is 3.69. The number of rotatable bonds is 2. The summed E-state index contributed by atoms with van der Waals surface area (Å²) in [6.45, 7) is 8.47. The average Bonchev–Trinajstić information content (AvgIpc) is 3.10. The zero-order valence-corrected chi connectivity index (χ0v) is 17.1. The van der Waals surface area contributed by atoms with E-state index in [-0.39, 0.29) is 35.6 Å². The molecule has 1 N–H and O–H groups in total. The van der Waals surface area contributed by atoms with Crippen molar-refractivity contribution in [3.05, 3.63) is 22.2 Å². The molecule has 1 unspecified atom stereocenters. The molecule has 1 aromatic carbocycles. The van der Waals surface area contributed by atoms with Crippen molar-refractivity contribution >= 4 is 45.0 Å². The van der Waals surface area contributed by atoms with Crippen LogP contribution in [-0.4, -0.2) is 41.2 Å². The summed E-state index contributed by atoms with van der Waals surface area (Å²) in [5.74, 6) is -0.608. The molecule has 0 radical (unpaired) electrons. The third-order valence-corrected chi connectivity index (χ3v) is 5.43. The number of hydrogen-bond acceptors (Lipinski definition) is 3. The number of amides is 3. The predicted molar refractivity (Wildman–Crippen MR) is 104 cm³/mol. The first kappa shape index (κ1) is 18.9. The Kier molecular flexibility index (Phi) is 4.86. The van der Waals surface area contributed by atoms with Crippen LogP contribution >= 0.6 is 15.9 Å². The lowest BCUT2D eigenvalue weighted by atomic mass is 10.1. The van der Waals surface area contributed by atoms with Crippen LogP contribution < -0.4 is 10.2 Å². The summed E-state index contributed by atoms with van der Waals surface area (Å²) in [5.41, 5.74) is 2.12. The number of anilines is 2. The molecule has 1 aromatic rings. The Balaban J connectivity index is 1.83. The van der Waals surface area contributed by atoms with Crippen molar-refractivity contribution in [3.8, 4) is 0 Å². The number of carbonyl (C=O) groups is 3. The van der Waals surface area contributed by atoms with E-state index < -0.39 is 0 Å². The lowest BCUT2D eigenvalue weighted by Gasteiger charge is -2.32. The maximum absolute atomic E-state index is 12.8. The summed E-state index contributed by atoms with van der Waals surface area (Å²) < 4.78 is 0.857. The maximum Gasteiger partial charge on any atom is 0.229 e. The molecular formula is C19H24BrN3O3. The van der Waals surface area contributed by atoms with Crippen LogP contribution in [0.2, 0.25) is 0 Å². The van der Waals surface area contributed by atoms with Crippen LogP contribution in [0.5, 0.6) is 0 Å². The van der Waals surface area contributed by atoms with E-state index in [2.05, 4.69) is 21.2 Å². The molecule has 26 heavy (non-hydrogen) atoms. The quantitative estimate of drug-likeness (QED) is 0.797. The molecule has 0 saturated carbocycles. The number of hydrogen-bond donors (Lipinski definition) is 1. The molecule has 7 heteroatoms. The largest absolute Gasteiger partial charge is 0.337 e. The van der Waals surface area contributed by atoms with Gasteiger partial charge in [-0.2, -0.15) is 0 Å². The van der Waals surface area contributed by atoms with E-state index in [1.165, 1.54) is 6.92 Å². The van der Waals surface area contributed by atoms with Crippen LogP contribution in [0.4, 0.5) is 11.4 Å². The van der Waals surface area contributed by atoms with Gasteiger partial charge in [-0.1, -0.05) is 15.9 Å². The van der Waals surface area contributed by atoms with Crippen molar-refractivity contribution in [1.29, 1.82) is 0 Å². The topological polar surface area (TPSA) is 69.7 Å². The van der Waals surface area contributed by atoms with Crippen LogP contribution in [0.1, 0.15) is 39.7 Å². The molecular weight excluding hydrogens is 398 g/mol. The van der Waals surface area contributed by atoms with Crippen molar-refractivity contribution in [2.75, 3.05) is 23.3 Å². The van der Waals surface area contributed by atoms with Gasteiger partial charge in [0.15, 0.2) is 0 Å². The third kappa shape index (κ3) is 3.49. The molecule has 2 heterocycles. The molecule has 2 aliphatic rings. The summed E-state index contributed by atoms with van der Waals surface area (Å²) in [6, 6.07) is 3.80. The molecule has 0 bridgehead atoms. The second-order valence-corrected chi connectivity index (χ2v) is 8.86. The minimum Gasteiger partial charge on any atom is -0.337 e. The van der Waals surface area contributed by atoms with Crippen LogP contribution in [0, 0.1) is 5.92 Å². The van der Waals surface area contributed by atoms with Gasteiger partial charge >= 0.3 is 0 Å². The standard InChI is InChI=1S/C19H24BrN3O3/c1-11(24)22-6-5-12-7-14(20)9-15(17(12)22)21-18(26)13-8-16(25)23(10-13)19(2,3)4/h7,9,13H,5-6,8,10H2,1-4H3,(H,21,26). The van der Waals surface area contributed by atoms with E-state index in [0.29, 0.717) is 18.8 Å². The van der Waals surface area contributed by atoms with Crippen molar-refractivity contribution < 1.29 is 14.4 Å². The van der Waals surface area contributed by atoms with Gasteiger partial charge in [0, 0.05) is 36.4 Å². The molecule has 3 amide bonds. The van der Waals surface area contributed by atoms with Gasteiger partial charge < -0.3 is 15.1 Å². The van der Waals surface area contributed by atoms with E-state index in [4.69, 9.17) is 0 Å². The highest BCUT2D eigenvalue weighted by Crippen LogP contribution is 2.39. The van der Waals surface area contributed by atoms with Gasteiger partial charge in [0.2, 0.25) is 17.7 Å². The lowest BCUT2D eigenvalue weighted by molar-refractivity contribution is -0.131. The highest BCUT2D eigenvalue weighted by Gasteiger charge is 2.39. The Morgan fingerprint density at radius 2 is 1.96 bits per heavy atom. The number of nitrogens with one attached hydrogen (secondary N) is 1. The van der Waals surface area contributed by atoms with E-state index in [0.717, 1.165) is 22.1 Å². The Bertz CT molecular complexity index is 785. The van der Waals surface area contributed by atoms with Crippen molar-refractivity contribution in [2.45, 2.75) is 46.1 Å². The molecule has 3 rings (SSSR count). The maximum atomic E-state index is 12.8. The van der Waals surface area contributed by atoms with Gasteiger partial charge in [-0.15, -0.1) is 0 Å². The van der Waals surface area contributed by atoms with Gasteiger partial charge in [0.05, 0.1) is 17.3 Å². The SMILES string of the molecule is CC(=O)N1CCc2cc(Br)cc(NC(=O)C3CC(=O)N(C(C)(C)C)C3)c21. The summed E-state index contributed by atoms with van der Waals surface area (Å²) in [5, 5.41) is 2.96. The van der Waals surface area contributed by atoms with E-state index in [1.54, 1.807) is 9.80 Å². The molecule has 6 nitrogen and oxygen atoms in total. The van der Waals surface area contributed by atoms with Crippen LogP contribution in [0.15, 0.2) is 16.6 Å². The van der Waals surface area contributed by atoms with Crippen LogP contribution in [0.25, 0.3) is 0 Å². The number of halogens is 1. The summed E-state index contributed by atoms with van der Waals surface area (Å²) in [7, 11) is 0. The van der Waals surface area contributed by atoms with Gasteiger partial charge in [0.1, 0.15) is 0 Å². The first-order valence-electron chi connectivity index (χ1n) is 8.80. The second kappa shape index (κ2) is 6.68. The van der Waals surface area contributed by atoms with Crippen molar-refractivity contribution in [1.82, 2.24) is 4.90 Å². The summed E-state index contributed by atoms with van der Waals surface area (Å²) >= 11 is 3.47. The van der Waals surface area contributed by atoms with Gasteiger partial charge in [-0.25, -0.2) is 0 Å². The van der Waals surface area contributed by atoms with Crippen LogP contribution in [0.3, 0.4) is 0 Å². The van der Waals surface area contributed by atoms with Crippen LogP contribution in [-0.2, 0) is 20.8 Å². The first-order chi connectivity index (χ1) is 12.1. The van der Waals surface area contributed by atoms with Crippen molar-refractivity contribution in [3.63, 3.8) is 0 Å². The Hall–Kier alpha value is -1.89. The second-order valence-electron chi connectivity index (χ2n) is 7.95. The Morgan fingerprint density at radius 3 is 2.54 bits per heavy atom. The minimum atomic E-state index is -0.386. The fraction of sp³-hybridized carbons (Fsp3) is 0.526. The van der Waals surface area contributed by atoms with Gasteiger partial charge in [-0.05, 0) is 44.9 Å². The third-order valence-electron chi connectivity index (χ3n) is 4.97. The number of nitrogens with zero attached hydrogens (tertiary/aromatic N) is 2. The average molecular weight is 422 g/mol. The number of benzene rings is 1. The predicted octanol–water partition coefficient (Wildman–Crippen LogP) is 2.94. The number of likely N-dealkylation sites (tertiary alicyclic amines) is 1. The number of fused-ring (bicyclic) bond motifs is 1. The molecule has 1 saturated heterocycles. The lowest BCUT2D eigenvalue weighted by Crippen LogP contribution is -2.42. The molecule has 0 aromatic heterocycles. The Labute approximate surface area is 162 Å². The number of carbonyl (C=O) groups excluding carboxylic acids is 3. The minimum absolute atomic E-state index is 0.00230. The van der Waals surface area contributed by atoms with E-state index >= 15 is 0 Å². The van der Waals surface area contributed by atoms with Gasteiger partial charge in [-0.3, -0.25) is 14.4 Å². The summed E-state index contributed by atoms with van der Waals surface area (Å²) in [4.78, 5) is 40.5. The zero-order chi connectivity index (χ0) is 19.2. The monoisotopic (exact) mass is 421 g/mol. The fourth-order valence-corrected chi connectivity index (χ4v) is 4.19. The van der Waals surface area contributed by atoms with E-state index in [9.17, 15) is 14.4 Å². The molecule has 0 aliphatic carbocycles. The molecule has 140 valence electrons. The first-order valence-corrected chi connectivity index (χ1v) is 9.59.